The Morgan fingerprint density at radius 2 is 1.76 bits per heavy atom. The van der Waals surface area contributed by atoms with Gasteiger partial charge in [-0.25, -0.2) is 0 Å². The molecule has 0 heterocycles. The first kappa shape index (κ1) is 14.4. The maximum Gasteiger partial charge on any atom is 0.0681 e. The normalized spacial score (nSPS) is 12.9. The summed E-state index contributed by atoms with van der Waals surface area (Å²) in [5, 5.41) is 8.92. The van der Waals surface area contributed by atoms with Crippen molar-refractivity contribution in [3.8, 4) is 0 Å². The topological polar surface area (TPSA) is 37.3 Å². The molecule has 3 heteroatoms. The summed E-state index contributed by atoms with van der Waals surface area (Å²) in [4.78, 5) is 0. The van der Waals surface area contributed by atoms with Crippen molar-refractivity contribution in [2.24, 2.45) is 5.92 Å². The lowest BCUT2D eigenvalue weighted by Crippen LogP contribution is -2.02. The summed E-state index contributed by atoms with van der Waals surface area (Å²) in [6.07, 6.45) is 2.19. The molecule has 0 aromatic heterocycles. The van der Waals surface area contributed by atoms with Gasteiger partial charge in [-0.1, -0.05) is 44.5 Å². The second-order valence-electron chi connectivity index (χ2n) is 4.80. The van der Waals surface area contributed by atoms with E-state index in [1.807, 2.05) is 24.3 Å². The Morgan fingerprint density at radius 1 is 1.18 bits per heavy atom. The van der Waals surface area contributed by atoms with Gasteiger partial charge in [0, 0.05) is 22.3 Å². The van der Waals surface area contributed by atoms with Gasteiger partial charge in [0.2, 0.25) is 0 Å². The van der Waals surface area contributed by atoms with E-state index < -0.39 is 10.8 Å². The Balaban J connectivity index is 2.34. The van der Waals surface area contributed by atoms with Crippen LogP contribution in [-0.4, -0.2) is 15.1 Å². The molecule has 1 aromatic carbocycles. The predicted molar refractivity (Wildman–Crippen MR) is 73.2 cm³/mol. The van der Waals surface area contributed by atoms with E-state index in [4.69, 9.17) is 5.11 Å². The Morgan fingerprint density at radius 3 is 2.29 bits per heavy atom. The Hall–Kier alpha value is -0.670. The average molecular weight is 254 g/mol. The van der Waals surface area contributed by atoms with Crippen LogP contribution in [0.3, 0.4) is 0 Å². The third-order valence-corrected chi connectivity index (χ3v) is 4.09. The molecular weight excluding hydrogens is 232 g/mol. The van der Waals surface area contributed by atoms with Crippen LogP contribution in [0.25, 0.3) is 0 Å². The minimum atomic E-state index is -0.758. The number of aliphatic hydroxyl groups excluding tert-OH is 1. The van der Waals surface area contributed by atoms with Crippen LogP contribution in [0.1, 0.15) is 37.8 Å². The SMILES string of the molecule is CC(C)CCCS(=O)Cc1ccc(CO)cc1. The van der Waals surface area contributed by atoms with Gasteiger partial charge in [-0.05, 0) is 23.5 Å². The van der Waals surface area contributed by atoms with Crippen molar-refractivity contribution in [1.82, 2.24) is 0 Å². The van der Waals surface area contributed by atoms with E-state index in [1.165, 1.54) is 0 Å². The molecule has 1 atom stereocenters. The first-order valence-electron chi connectivity index (χ1n) is 6.15. The van der Waals surface area contributed by atoms with Crippen LogP contribution < -0.4 is 0 Å². The monoisotopic (exact) mass is 254 g/mol. The molecule has 0 spiro atoms. The van der Waals surface area contributed by atoms with Crippen molar-refractivity contribution in [2.45, 2.75) is 39.0 Å². The Kier molecular flexibility index (Phi) is 6.45. The van der Waals surface area contributed by atoms with Crippen LogP contribution in [-0.2, 0) is 23.2 Å². The smallest absolute Gasteiger partial charge is 0.0681 e. The molecule has 1 unspecified atom stereocenters. The highest BCUT2D eigenvalue weighted by molar-refractivity contribution is 7.84. The minimum Gasteiger partial charge on any atom is -0.392 e. The number of rotatable bonds is 7. The fraction of sp³-hybridized carbons (Fsp3) is 0.571. The second kappa shape index (κ2) is 7.62. The zero-order chi connectivity index (χ0) is 12.7. The number of hydrogen-bond acceptors (Lipinski definition) is 2. The summed E-state index contributed by atoms with van der Waals surface area (Å²) in [6, 6.07) is 7.68. The van der Waals surface area contributed by atoms with Crippen molar-refractivity contribution in [3.63, 3.8) is 0 Å². The van der Waals surface area contributed by atoms with E-state index in [1.54, 1.807) is 0 Å². The molecule has 1 aromatic rings. The van der Waals surface area contributed by atoms with Gasteiger partial charge in [-0.2, -0.15) is 0 Å². The fourth-order valence-corrected chi connectivity index (χ4v) is 2.85. The van der Waals surface area contributed by atoms with Crippen molar-refractivity contribution < 1.29 is 9.32 Å². The van der Waals surface area contributed by atoms with Gasteiger partial charge >= 0.3 is 0 Å². The highest BCUT2D eigenvalue weighted by atomic mass is 32.2. The summed E-state index contributed by atoms with van der Waals surface area (Å²) in [6.45, 7) is 4.45. The lowest BCUT2D eigenvalue weighted by molar-refractivity contribution is 0.282. The summed E-state index contributed by atoms with van der Waals surface area (Å²) >= 11 is 0. The Bertz CT molecular complexity index is 344. The molecule has 0 saturated carbocycles. The summed E-state index contributed by atoms with van der Waals surface area (Å²) in [5.74, 6) is 2.11. The zero-order valence-electron chi connectivity index (χ0n) is 10.7. The molecular formula is C14H22O2S. The number of aliphatic hydroxyl groups is 1. The zero-order valence-corrected chi connectivity index (χ0v) is 11.5. The van der Waals surface area contributed by atoms with Gasteiger partial charge in [0.15, 0.2) is 0 Å². The summed E-state index contributed by atoms with van der Waals surface area (Å²) in [7, 11) is -0.758. The number of hydrogen-bond donors (Lipinski definition) is 1. The van der Waals surface area contributed by atoms with Crippen LogP contribution in [0.2, 0.25) is 0 Å². The lowest BCUT2D eigenvalue weighted by Gasteiger charge is -2.05. The molecule has 1 N–H and O–H groups in total. The first-order chi connectivity index (χ1) is 8.11. The van der Waals surface area contributed by atoms with Crippen LogP contribution >= 0.6 is 0 Å². The third-order valence-electron chi connectivity index (χ3n) is 2.69. The minimum absolute atomic E-state index is 0.0672. The second-order valence-corrected chi connectivity index (χ2v) is 6.38. The van der Waals surface area contributed by atoms with E-state index in [9.17, 15) is 4.21 Å². The highest BCUT2D eigenvalue weighted by Crippen LogP contribution is 2.09. The quantitative estimate of drug-likeness (QED) is 0.812. The molecule has 0 aliphatic heterocycles. The highest BCUT2D eigenvalue weighted by Gasteiger charge is 2.03. The molecule has 2 nitrogen and oxygen atoms in total. The van der Waals surface area contributed by atoms with E-state index in [0.717, 1.165) is 29.7 Å². The standard InChI is InChI=1S/C14H22O2S/c1-12(2)4-3-9-17(16)11-14-7-5-13(10-15)6-8-14/h5-8,12,15H,3-4,9-11H2,1-2H3. The van der Waals surface area contributed by atoms with Crippen molar-refractivity contribution >= 4 is 10.8 Å². The average Bonchev–Trinajstić information content (AvgIpc) is 2.29. The van der Waals surface area contributed by atoms with Crippen molar-refractivity contribution in [1.29, 1.82) is 0 Å². The first-order valence-corrected chi connectivity index (χ1v) is 7.64. The molecule has 0 bridgehead atoms. The van der Waals surface area contributed by atoms with Crippen molar-refractivity contribution in [3.05, 3.63) is 35.4 Å². The van der Waals surface area contributed by atoms with Crippen LogP contribution in [0.4, 0.5) is 0 Å². The molecule has 0 aliphatic rings. The molecule has 96 valence electrons. The lowest BCUT2D eigenvalue weighted by atomic mass is 10.1. The van der Waals surface area contributed by atoms with E-state index in [0.29, 0.717) is 11.7 Å². The third kappa shape index (κ3) is 5.99. The largest absolute Gasteiger partial charge is 0.392 e. The molecule has 0 fully saturated rings. The summed E-state index contributed by atoms with van der Waals surface area (Å²) < 4.78 is 11.8. The molecule has 0 saturated heterocycles. The molecule has 0 radical (unpaired) electrons. The molecule has 0 aliphatic carbocycles. The maximum atomic E-state index is 11.8. The Labute approximate surface area is 107 Å². The molecule has 1 rings (SSSR count). The molecule has 17 heavy (non-hydrogen) atoms. The van der Waals surface area contributed by atoms with E-state index in [-0.39, 0.29) is 6.61 Å². The van der Waals surface area contributed by atoms with Gasteiger partial charge < -0.3 is 5.11 Å². The van der Waals surface area contributed by atoms with Gasteiger partial charge in [0.25, 0.3) is 0 Å². The van der Waals surface area contributed by atoms with Crippen LogP contribution in [0.15, 0.2) is 24.3 Å². The number of benzene rings is 1. The van der Waals surface area contributed by atoms with Crippen molar-refractivity contribution in [2.75, 3.05) is 5.75 Å². The van der Waals surface area contributed by atoms with Crippen LogP contribution in [0, 0.1) is 5.92 Å². The maximum absolute atomic E-state index is 11.8. The van der Waals surface area contributed by atoms with E-state index >= 15 is 0 Å². The van der Waals surface area contributed by atoms with Crippen LogP contribution in [0.5, 0.6) is 0 Å². The fourth-order valence-electron chi connectivity index (χ4n) is 1.65. The van der Waals surface area contributed by atoms with E-state index in [2.05, 4.69) is 13.8 Å². The molecule has 0 amide bonds. The van der Waals surface area contributed by atoms with Gasteiger partial charge in [0.1, 0.15) is 0 Å². The summed E-state index contributed by atoms with van der Waals surface area (Å²) in [5.41, 5.74) is 1.99. The van der Waals surface area contributed by atoms with Gasteiger partial charge in [-0.15, -0.1) is 0 Å². The van der Waals surface area contributed by atoms with Gasteiger partial charge in [0.05, 0.1) is 6.61 Å². The predicted octanol–water partition coefficient (Wildman–Crippen LogP) is 2.86. The van der Waals surface area contributed by atoms with Gasteiger partial charge in [-0.3, -0.25) is 4.21 Å².